The van der Waals surface area contributed by atoms with Gasteiger partial charge in [-0.15, -0.1) is 11.3 Å². The number of ether oxygens (including phenoxy) is 1. The van der Waals surface area contributed by atoms with Crippen LogP contribution in [0.25, 0.3) is 11.1 Å². The lowest BCUT2D eigenvalue weighted by atomic mass is 9.75. The van der Waals surface area contributed by atoms with E-state index < -0.39 is 23.5 Å². The fourth-order valence-corrected chi connectivity index (χ4v) is 5.57. The fraction of sp³-hybridized carbons (Fsp3) is 0.308. The highest BCUT2D eigenvalue weighted by atomic mass is 32.1. The number of aliphatic carboxylic acids is 1. The quantitative estimate of drug-likeness (QED) is 0.511. The molecule has 1 heterocycles. The maximum absolute atomic E-state index is 12.8. The molecule has 1 fully saturated rings. The van der Waals surface area contributed by atoms with Crippen molar-refractivity contribution in [1.29, 1.82) is 0 Å². The van der Waals surface area contributed by atoms with Crippen molar-refractivity contribution >= 4 is 29.3 Å². The van der Waals surface area contributed by atoms with E-state index in [0.717, 1.165) is 28.7 Å². The van der Waals surface area contributed by atoms with Crippen LogP contribution >= 0.6 is 11.3 Å². The van der Waals surface area contributed by atoms with Crippen LogP contribution in [0.4, 0.5) is 4.79 Å². The second-order valence-corrected chi connectivity index (χ2v) is 9.80. The Bertz CT molecular complexity index is 1250. The number of nitrogens with one attached hydrogen (secondary N) is 1. The molecule has 2 aromatic carbocycles. The number of likely N-dealkylation sites (N-methyl/N-ethyl adjacent to an activating group) is 1. The number of aromatic nitrogens is 1. The number of nitrogens with zero attached hydrogens (tertiary/aromatic N) is 2. The maximum Gasteiger partial charge on any atom is 0.407 e. The molecule has 0 bridgehead atoms. The maximum atomic E-state index is 12.8. The minimum Gasteiger partial charge on any atom is -0.479 e. The van der Waals surface area contributed by atoms with Crippen molar-refractivity contribution in [3.63, 3.8) is 0 Å². The number of carbonyl (C=O) groups is 3. The van der Waals surface area contributed by atoms with Crippen LogP contribution in [-0.2, 0) is 16.1 Å². The van der Waals surface area contributed by atoms with E-state index in [-0.39, 0.29) is 24.8 Å². The molecule has 5 rings (SSSR count). The van der Waals surface area contributed by atoms with Crippen LogP contribution in [0.2, 0.25) is 0 Å². The fourth-order valence-electron chi connectivity index (χ4n) is 4.86. The summed E-state index contributed by atoms with van der Waals surface area (Å²) in [6.45, 7) is 0.325. The normalized spacial score (nSPS) is 15.5. The third kappa shape index (κ3) is 4.05. The first-order chi connectivity index (χ1) is 16.9. The number of alkyl carbamates (subject to hydrolysis) is 1. The minimum atomic E-state index is -1.15. The largest absolute Gasteiger partial charge is 0.479 e. The van der Waals surface area contributed by atoms with Gasteiger partial charge in [-0.05, 0) is 41.5 Å². The monoisotopic (exact) mass is 491 g/mol. The molecule has 2 amide bonds. The van der Waals surface area contributed by atoms with Gasteiger partial charge in [0.2, 0.25) is 0 Å². The van der Waals surface area contributed by atoms with E-state index in [9.17, 15) is 19.5 Å². The molecular formula is C26H25N3O5S. The predicted octanol–water partition coefficient (Wildman–Crippen LogP) is 4.26. The Labute approximate surface area is 206 Å². The zero-order valence-electron chi connectivity index (χ0n) is 19.2. The first kappa shape index (κ1) is 23.0. The lowest BCUT2D eigenvalue weighted by Crippen LogP contribution is -2.59. The smallest absolute Gasteiger partial charge is 0.407 e. The van der Waals surface area contributed by atoms with Crippen molar-refractivity contribution in [3.05, 3.63) is 75.7 Å². The Morgan fingerprint density at radius 2 is 1.74 bits per heavy atom. The van der Waals surface area contributed by atoms with Gasteiger partial charge in [0.05, 0.1) is 6.54 Å². The van der Waals surface area contributed by atoms with Gasteiger partial charge in [-0.1, -0.05) is 48.5 Å². The van der Waals surface area contributed by atoms with Gasteiger partial charge >= 0.3 is 12.1 Å². The number of carboxylic acid groups (broad SMARTS) is 1. The minimum absolute atomic E-state index is 0.0270. The van der Waals surface area contributed by atoms with Gasteiger partial charge < -0.3 is 20.1 Å². The average molecular weight is 492 g/mol. The highest BCUT2D eigenvalue weighted by molar-refractivity contribution is 7.09. The number of amides is 2. The molecule has 0 radical (unpaired) electrons. The van der Waals surface area contributed by atoms with Crippen LogP contribution in [-0.4, -0.2) is 52.2 Å². The summed E-state index contributed by atoms with van der Waals surface area (Å²) in [5.74, 6) is -1.46. The molecule has 1 aromatic heterocycles. The lowest BCUT2D eigenvalue weighted by Gasteiger charge is -2.44. The molecule has 0 aliphatic heterocycles. The van der Waals surface area contributed by atoms with Crippen molar-refractivity contribution in [2.24, 2.45) is 0 Å². The molecule has 2 N–H and O–H groups in total. The highest BCUT2D eigenvalue weighted by Gasteiger charge is 2.50. The molecule has 2 aliphatic rings. The Hall–Kier alpha value is -3.72. The van der Waals surface area contributed by atoms with Crippen molar-refractivity contribution in [2.45, 2.75) is 37.3 Å². The molecule has 0 saturated heterocycles. The molecule has 0 atom stereocenters. The molecule has 9 heteroatoms. The number of hydrogen-bond acceptors (Lipinski definition) is 6. The Kier molecular flexibility index (Phi) is 6.02. The molecule has 8 nitrogen and oxygen atoms in total. The highest BCUT2D eigenvalue weighted by Crippen LogP contribution is 2.44. The zero-order valence-corrected chi connectivity index (χ0v) is 20.0. The first-order valence-corrected chi connectivity index (χ1v) is 12.3. The van der Waals surface area contributed by atoms with Crippen LogP contribution < -0.4 is 5.32 Å². The van der Waals surface area contributed by atoms with Crippen LogP contribution in [0.5, 0.6) is 0 Å². The summed E-state index contributed by atoms with van der Waals surface area (Å²) in [6, 6.07) is 16.3. The van der Waals surface area contributed by atoms with E-state index in [1.54, 1.807) is 5.38 Å². The Morgan fingerprint density at radius 1 is 1.11 bits per heavy atom. The van der Waals surface area contributed by atoms with Crippen LogP contribution in [0.15, 0.2) is 53.9 Å². The van der Waals surface area contributed by atoms with Gasteiger partial charge in [0.1, 0.15) is 22.8 Å². The summed E-state index contributed by atoms with van der Waals surface area (Å²) in [6.07, 6.45) is 1.08. The topological polar surface area (TPSA) is 109 Å². The summed E-state index contributed by atoms with van der Waals surface area (Å²) >= 11 is 1.23. The van der Waals surface area contributed by atoms with Crippen LogP contribution in [0.3, 0.4) is 0 Å². The third-order valence-electron chi connectivity index (χ3n) is 7.02. The van der Waals surface area contributed by atoms with Crippen LogP contribution in [0, 0.1) is 0 Å². The molecule has 0 unspecified atom stereocenters. The lowest BCUT2D eigenvalue weighted by molar-refractivity contribution is -0.154. The molecule has 0 spiro atoms. The molecule has 35 heavy (non-hydrogen) atoms. The van der Waals surface area contributed by atoms with E-state index >= 15 is 0 Å². The SMILES string of the molecule is CN(C(=O)c1csc(CNC(=O)OCC2c3ccccc3-c3ccccc32)n1)C1(C(=O)O)CCC1. The average Bonchev–Trinajstić information content (AvgIpc) is 3.43. The summed E-state index contributed by atoms with van der Waals surface area (Å²) < 4.78 is 5.53. The van der Waals surface area contributed by atoms with Gasteiger partial charge in [-0.2, -0.15) is 0 Å². The summed E-state index contributed by atoms with van der Waals surface area (Å²) in [4.78, 5) is 42.4. The summed E-state index contributed by atoms with van der Waals surface area (Å²) in [5, 5.41) is 14.4. The van der Waals surface area contributed by atoms with Crippen molar-refractivity contribution in [1.82, 2.24) is 15.2 Å². The van der Waals surface area contributed by atoms with Gasteiger partial charge in [0.15, 0.2) is 0 Å². The number of thiazole rings is 1. The van der Waals surface area contributed by atoms with E-state index in [0.29, 0.717) is 17.8 Å². The molecular weight excluding hydrogens is 466 g/mol. The van der Waals surface area contributed by atoms with Gasteiger partial charge in [-0.3, -0.25) is 4.79 Å². The molecule has 2 aliphatic carbocycles. The van der Waals surface area contributed by atoms with Crippen molar-refractivity contribution in [2.75, 3.05) is 13.7 Å². The summed E-state index contributed by atoms with van der Waals surface area (Å²) in [5.41, 5.74) is 3.62. The van der Waals surface area contributed by atoms with Gasteiger partial charge in [0, 0.05) is 18.3 Å². The zero-order chi connectivity index (χ0) is 24.6. The number of carboxylic acids is 1. The van der Waals surface area contributed by atoms with Crippen molar-refractivity contribution < 1.29 is 24.2 Å². The second kappa shape index (κ2) is 9.14. The standard InChI is InChI=1S/C26H25N3O5S/c1-29(26(24(31)32)11-6-12-26)23(30)21-15-35-22(28-21)13-27-25(33)34-14-20-18-9-4-2-7-16(18)17-8-3-5-10-19(17)20/h2-5,7-10,15,20H,6,11-14H2,1H3,(H,27,33)(H,31,32). The summed E-state index contributed by atoms with van der Waals surface area (Å²) in [7, 11) is 1.50. The number of hydrogen-bond donors (Lipinski definition) is 2. The predicted molar refractivity (Wildman–Crippen MR) is 130 cm³/mol. The Morgan fingerprint density at radius 3 is 2.31 bits per heavy atom. The first-order valence-electron chi connectivity index (χ1n) is 11.5. The van der Waals surface area contributed by atoms with E-state index in [1.165, 1.54) is 23.3 Å². The van der Waals surface area contributed by atoms with E-state index in [1.807, 2.05) is 24.3 Å². The number of carbonyl (C=O) groups excluding carboxylic acids is 2. The number of benzene rings is 2. The molecule has 3 aromatic rings. The molecule has 180 valence electrons. The number of rotatable bonds is 7. The number of fused-ring (bicyclic) bond motifs is 3. The Balaban J connectivity index is 1.17. The van der Waals surface area contributed by atoms with E-state index in [2.05, 4.69) is 34.6 Å². The van der Waals surface area contributed by atoms with E-state index in [4.69, 9.17) is 4.74 Å². The third-order valence-corrected chi connectivity index (χ3v) is 7.87. The molecule has 1 saturated carbocycles. The van der Waals surface area contributed by atoms with Gasteiger partial charge in [0.25, 0.3) is 5.91 Å². The second-order valence-electron chi connectivity index (χ2n) is 8.86. The van der Waals surface area contributed by atoms with Crippen LogP contribution in [0.1, 0.15) is 51.8 Å². The van der Waals surface area contributed by atoms with Gasteiger partial charge in [-0.25, -0.2) is 14.6 Å². The van der Waals surface area contributed by atoms with Crippen molar-refractivity contribution in [3.8, 4) is 11.1 Å².